The summed E-state index contributed by atoms with van der Waals surface area (Å²) in [5, 5.41) is 11.1. The molecule has 18 heavy (non-hydrogen) atoms. The SMILES string of the molecule is CC1(C)Cc2ccc(Cl)cc2C1Nc1cn[nH]c1. The molecule has 2 aromatic rings. The first-order chi connectivity index (χ1) is 8.56. The van der Waals surface area contributed by atoms with Gasteiger partial charge in [0.25, 0.3) is 0 Å². The van der Waals surface area contributed by atoms with Crippen LogP contribution in [0.1, 0.15) is 31.0 Å². The average Bonchev–Trinajstić information content (AvgIpc) is 2.88. The molecule has 1 heterocycles. The molecule has 3 nitrogen and oxygen atoms in total. The summed E-state index contributed by atoms with van der Waals surface area (Å²) in [6.45, 7) is 4.55. The summed E-state index contributed by atoms with van der Waals surface area (Å²) in [7, 11) is 0. The molecule has 3 rings (SSSR count). The topological polar surface area (TPSA) is 40.7 Å². The molecule has 1 atom stereocenters. The van der Waals surface area contributed by atoms with Gasteiger partial charge in [-0.3, -0.25) is 5.10 Å². The summed E-state index contributed by atoms with van der Waals surface area (Å²) in [5.74, 6) is 0. The number of aromatic amines is 1. The Morgan fingerprint density at radius 2 is 2.28 bits per heavy atom. The normalized spacial score (nSPS) is 20.7. The van der Waals surface area contributed by atoms with Gasteiger partial charge >= 0.3 is 0 Å². The van der Waals surface area contributed by atoms with Crippen molar-refractivity contribution < 1.29 is 0 Å². The third kappa shape index (κ3) is 1.89. The molecule has 0 fully saturated rings. The van der Waals surface area contributed by atoms with Gasteiger partial charge < -0.3 is 5.32 Å². The van der Waals surface area contributed by atoms with Crippen LogP contribution in [-0.2, 0) is 6.42 Å². The van der Waals surface area contributed by atoms with Crippen LogP contribution in [-0.4, -0.2) is 10.2 Å². The van der Waals surface area contributed by atoms with E-state index in [9.17, 15) is 0 Å². The zero-order valence-corrected chi connectivity index (χ0v) is 11.3. The summed E-state index contributed by atoms with van der Waals surface area (Å²) in [5.41, 5.74) is 3.87. The summed E-state index contributed by atoms with van der Waals surface area (Å²) in [6, 6.07) is 6.44. The van der Waals surface area contributed by atoms with Gasteiger partial charge in [-0.15, -0.1) is 0 Å². The maximum atomic E-state index is 6.12. The third-order valence-corrected chi connectivity index (χ3v) is 3.89. The van der Waals surface area contributed by atoms with Gasteiger partial charge in [0.2, 0.25) is 0 Å². The van der Waals surface area contributed by atoms with Crippen LogP contribution in [0.5, 0.6) is 0 Å². The summed E-state index contributed by atoms with van der Waals surface area (Å²) >= 11 is 6.12. The third-order valence-electron chi connectivity index (χ3n) is 3.66. The maximum absolute atomic E-state index is 6.12. The molecule has 0 bridgehead atoms. The zero-order chi connectivity index (χ0) is 12.8. The number of nitrogens with one attached hydrogen (secondary N) is 2. The van der Waals surface area contributed by atoms with Gasteiger partial charge in [-0.2, -0.15) is 5.10 Å². The van der Waals surface area contributed by atoms with E-state index in [1.54, 1.807) is 6.20 Å². The van der Waals surface area contributed by atoms with Gasteiger partial charge in [-0.25, -0.2) is 0 Å². The number of benzene rings is 1. The van der Waals surface area contributed by atoms with Gasteiger partial charge in [0, 0.05) is 11.2 Å². The number of hydrogen-bond donors (Lipinski definition) is 2. The molecule has 1 aromatic carbocycles. The smallest absolute Gasteiger partial charge is 0.0728 e. The Kier molecular flexibility index (Phi) is 2.59. The number of anilines is 1. The number of halogens is 1. The Morgan fingerprint density at radius 3 is 3.00 bits per heavy atom. The van der Waals surface area contributed by atoms with Crippen molar-refractivity contribution in [2.45, 2.75) is 26.3 Å². The molecule has 1 unspecified atom stereocenters. The minimum Gasteiger partial charge on any atom is -0.375 e. The lowest BCUT2D eigenvalue weighted by Gasteiger charge is -2.28. The number of aromatic nitrogens is 2. The number of nitrogens with zero attached hydrogens (tertiary/aromatic N) is 1. The minimum atomic E-state index is 0.171. The van der Waals surface area contributed by atoms with Crippen molar-refractivity contribution in [3.8, 4) is 0 Å². The van der Waals surface area contributed by atoms with Crippen LogP contribution in [0.4, 0.5) is 5.69 Å². The number of hydrogen-bond acceptors (Lipinski definition) is 2. The molecule has 4 heteroatoms. The molecular weight excluding hydrogens is 246 g/mol. The molecule has 0 radical (unpaired) electrons. The first-order valence-corrected chi connectivity index (χ1v) is 6.48. The Morgan fingerprint density at radius 1 is 1.44 bits per heavy atom. The van der Waals surface area contributed by atoms with Crippen LogP contribution in [0.15, 0.2) is 30.6 Å². The second-order valence-electron chi connectivity index (χ2n) is 5.57. The molecule has 0 saturated heterocycles. The number of H-pyrrole nitrogens is 1. The highest BCUT2D eigenvalue weighted by atomic mass is 35.5. The predicted octanol–water partition coefficient (Wildman–Crippen LogP) is 3.80. The molecule has 1 aliphatic rings. The quantitative estimate of drug-likeness (QED) is 0.863. The Labute approximate surface area is 112 Å². The van der Waals surface area contributed by atoms with E-state index in [1.807, 2.05) is 12.3 Å². The largest absolute Gasteiger partial charge is 0.375 e. The van der Waals surface area contributed by atoms with Crippen LogP contribution >= 0.6 is 11.6 Å². The van der Waals surface area contributed by atoms with Crippen LogP contribution in [0.2, 0.25) is 5.02 Å². The lowest BCUT2D eigenvalue weighted by molar-refractivity contribution is 0.337. The van der Waals surface area contributed by atoms with Crippen molar-refractivity contribution in [1.29, 1.82) is 0 Å². The van der Waals surface area contributed by atoms with Crippen LogP contribution in [0.25, 0.3) is 0 Å². The van der Waals surface area contributed by atoms with Gasteiger partial charge in [0.05, 0.1) is 17.9 Å². The zero-order valence-electron chi connectivity index (χ0n) is 10.5. The van der Waals surface area contributed by atoms with Crippen molar-refractivity contribution in [1.82, 2.24) is 10.2 Å². The molecule has 1 aliphatic carbocycles. The highest BCUT2D eigenvalue weighted by Gasteiger charge is 2.39. The Balaban J connectivity index is 1.99. The fraction of sp³-hybridized carbons (Fsp3) is 0.357. The van der Waals surface area contributed by atoms with Crippen molar-refractivity contribution in [2.75, 3.05) is 5.32 Å². The number of fused-ring (bicyclic) bond motifs is 1. The maximum Gasteiger partial charge on any atom is 0.0728 e. The molecule has 0 saturated carbocycles. The molecule has 94 valence electrons. The van der Waals surface area contributed by atoms with E-state index in [0.717, 1.165) is 17.1 Å². The minimum absolute atomic E-state index is 0.171. The molecule has 0 amide bonds. The second-order valence-corrected chi connectivity index (χ2v) is 6.01. The van der Waals surface area contributed by atoms with Crippen LogP contribution in [0, 0.1) is 5.41 Å². The van der Waals surface area contributed by atoms with Gasteiger partial charge in [0.1, 0.15) is 0 Å². The first-order valence-electron chi connectivity index (χ1n) is 6.10. The summed E-state index contributed by atoms with van der Waals surface area (Å²) < 4.78 is 0. The van der Waals surface area contributed by atoms with Crippen LogP contribution in [0.3, 0.4) is 0 Å². The highest BCUT2D eigenvalue weighted by Crippen LogP contribution is 2.47. The Hall–Kier alpha value is -1.48. The average molecular weight is 262 g/mol. The number of rotatable bonds is 2. The lowest BCUT2D eigenvalue weighted by atomic mass is 9.85. The fourth-order valence-corrected chi connectivity index (χ4v) is 2.96. The van der Waals surface area contributed by atoms with Gasteiger partial charge in [0.15, 0.2) is 0 Å². The van der Waals surface area contributed by atoms with E-state index in [1.165, 1.54) is 11.1 Å². The molecule has 0 aliphatic heterocycles. The van der Waals surface area contributed by atoms with Gasteiger partial charge in [-0.1, -0.05) is 31.5 Å². The Bertz CT molecular complexity index is 560. The van der Waals surface area contributed by atoms with Crippen molar-refractivity contribution in [2.24, 2.45) is 5.41 Å². The molecule has 2 N–H and O–H groups in total. The highest BCUT2D eigenvalue weighted by molar-refractivity contribution is 6.30. The van der Waals surface area contributed by atoms with Gasteiger partial charge in [-0.05, 0) is 35.1 Å². The molecule has 1 aromatic heterocycles. The van der Waals surface area contributed by atoms with E-state index < -0.39 is 0 Å². The van der Waals surface area contributed by atoms with E-state index in [0.29, 0.717) is 0 Å². The van der Waals surface area contributed by atoms with Crippen molar-refractivity contribution in [3.05, 3.63) is 46.7 Å². The predicted molar refractivity (Wildman–Crippen MR) is 73.9 cm³/mol. The molecular formula is C14H16ClN3. The summed E-state index contributed by atoms with van der Waals surface area (Å²) in [6.07, 6.45) is 4.74. The standard InChI is InChI=1S/C14H16ClN3/c1-14(2)6-9-3-4-10(15)5-12(9)13(14)18-11-7-16-17-8-11/h3-5,7-8,13,18H,6H2,1-2H3,(H,16,17). The van der Waals surface area contributed by atoms with Crippen LogP contribution < -0.4 is 5.32 Å². The van der Waals surface area contributed by atoms with Crippen molar-refractivity contribution >= 4 is 17.3 Å². The van der Waals surface area contributed by atoms with Crippen molar-refractivity contribution in [3.63, 3.8) is 0 Å². The van der Waals surface area contributed by atoms with E-state index >= 15 is 0 Å². The fourth-order valence-electron chi connectivity index (χ4n) is 2.78. The van der Waals surface area contributed by atoms with E-state index in [2.05, 4.69) is 41.5 Å². The molecule has 0 spiro atoms. The second kappa shape index (κ2) is 4.02. The van der Waals surface area contributed by atoms with E-state index in [-0.39, 0.29) is 11.5 Å². The summed E-state index contributed by atoms with van der Waals surface area (Å²) in [4.78, 5) is 0. The van der Waals surface area contributed by atoms with E-state index in [4.69, 9.17) is 11.6 Å². The lowest BCUT2D eigenvalue weighted by Crippen LogP contribution is -2.24. The first kappa shape index (κ1) is 11.6. The monoisotopic (exact) mass is 261 g/mol.